The number of carbonyl (C=O) groups is 2. The first kappa shape index (κ1) is 18.8. The van der Waals surface area contributed by atoms with Crippen LogP contribution in [0.25, 0.3) is 0 Å². The molecule has 1 atom stereocenters. The van der Waals surface area contributed by atoms with Crippen LogP contribution in [0.5, 0.6) is 5.75 Å². The normalized spacial score (nSPS) is 12.3. The van der Waals surface area contributed by atoms with Crippen LogP contribution in [0.2, 0.25) is 0 Å². The predicted octanol–water partition coefficient (Wildman–Crippen LogP) is 2.70. The maximum atomic E-state index is 12.2. The maximum absolute atomic E-state index is 12.2. The Hall–Kier alpha value is -2.24. The first-order chi connectivity index (χ1) is 10.7. The van der Waals surface area contributed by atoms with Crippen LogP contribution in [0.4, 0.5) is 4.79 Å². The number of phenols is 1. The summed E-state index contributed by atoms with van der Waals surface area (Å²) < 4.78 is 5.18. The first-order valence-corrected chi connectivity index (χ1v) is 7.76. The summed E-state index contributed by atoms with van der Waals surface area (Å²) in [6, 6.07) is 5.94. The Bertz CT molecular complexity index is 520. The third-order valence-corrected chi connectivity index (χ3v) is 2.99. The van der Waals surface area contributed by atoms with E-state index in [1.54, 1.807) is 45.0 Å². The van der Waals surface area contributed by atoms with Crippen LogP contribution >= 0.6 is 0 Å². The van der Waals surface area contributed by atoms with Gasteiger partial charge in [-0.05, 0) is 44.9 Å². The second-order valence-electron chi connectivity index (χ2n) is 6.37. The number of alkyl carbamates (subject to hydrolysis) is 1. The van der Waals surface area contributed by atoms with E-state index in [0.29, 0.717) is 13.0 Å². The van der Waals surface area contributed by atoms with Crippen LogP contribution in [-0.4, -0.2) is 28.7 Å². The van der Waals surface area contributed by atoms with Crippen molar-refractivity contribution in [3.63, 3.8) is 0 Å². The van der Waals surface area contributed by atoms with Crippen molar-refractivity contribution in [2.24, 2.45) is 0 Å². The fourth-order valence-corrected chi connectivity index (χ4v) is 1.93. The number of phenolic OH excluding ortho intramolecular Hbond substituents is 1. The summed E-state index contributed by atoms with van der Waals surface area (Å²) in [5, 5.41) is 14.6. The molecule has 0 heterocycles. The monoisotopic (exact) mass is 322 g/mol. The third-order valence-electron chi connectivity index (χ3n) is 2.99. The van der Waals surface area contributed by atoms with E-state index in [-0.39, 0.29) is 11.7 Å². The first-order valence-electron chi connectivity index (χ1n) is 7.76. The number of hydrogen-bond acceptors (Lipinski definition) is 4. The van der Waals surface area contributed by atoms with Gasteiger partial charge in [0.05, 0.1) is 0 Å². The minimum Gasteiger partial charge on any atom is -0.508 e. The number of ether oxygens (including phenoxy) is 1. The molecule has 0 aliphatic carbocycles. The standard InChI is InChI=1S/C17H26N2O4/c1-5-6-14(19-16(22)23-17(2,3)4)15(21)18-11-12-7-9-13(20)10-8-12/h7-10,14,20H,5-6,11H2,1-4H3,(H,18,21)(H,19,22)/t14-/m0/s1. The number of nitrogens with one attached hydrogen (secondary N) is 2. The molecule has 0 radical (unpaired) electrons. The molecule has 0 saturated carbocycles. The quantitative estimate of drug-likeness (QED) is 0.751. The van der Waals surface area contributed by atoms with E-state index in [0.717, 1.165) is 12.0 Å². The average Bonchev–Trinajstić information content (AvgIpc) is 2.44. The van der Waals surface area contributed by atoms with Gasteiger partial charge in [-0.1, -0.05) is 25.5 Å². The van der Waals surface area contributed by atoms with Crippen molar-refractivity contribution in [2.75, 3.05) is 0 Å². The molecule has 1 aromatic carbocycles. The van der Waals surface area contributed by atoms with Gasteiger partial charge in [-0.3, -0.25) is 4.79 Å². The highest BCUT2D eigenvalue weighted by atomic mass is 16.6. The third kappa shape index (κ3) is 7.54. The van der Waals surface area contributed by atoms with Crippen molar-refractivity contribution in [2.45, 2.75) is 58.7 Å². The molecule has 1 aromatic rings. The molecule has 0 fully saturated rings. The highest BCUT2D eigenvalue weighted by molar-refractivity contribution is 5.85. The molecule has 2 amide bonds. The minimum atomic E-state index is -0.632. The molecular formula is C17H26N2O4. The summed E-state index contributed by atoms with van der Waals surface area (Å²) in [6.07, 6.45) is 0.684. The van der Waals surface area contributed by atoms with Crippen molar-refractivity contribution in [1.29, 1.82) is 0 Å². The van der Waals surface area contributed by atoms with Crippen molar-refractivity contribution >= 4 is 12.0 Å². The highest BCUT2D eigenvalue weighted by Crippen LogP contribution is 2.10. The van der Waals surface area contributed by atoms with Gasteiger partial charge in [0.25, 0.3) is 0 Å². The molecule has 0 aliphatic rings. The fourth-order valence-electron chi connectivity index (χ4n) is 1.93. The summed E-state index contributed by atoms with van der Waals surface area (Å²) in [6.45, 7) is 7.58. The van der Waals surface area contributed by atoms with Crippen molar-refractivity contribution in [1.82, 2.24) is 10.6 Å². The second-order valence-corrected chi connectivity index (χ2v) is 6.37. The zero-order chi connectivity index (χ0) is 17.5. The number of benzene rings is 1. The Kier molecular flexibility index (Phi) is 6.88. The maximum Gasteiger partial charge on any atom is 0.408 e. The molecule has 0 saturated heterocycles. The molecule has 23 heavy (non-hydrogen) atoms. The van der Waals surface area contributed by atoms with E-state index >= 15 is 0 Å². The molecular weight excluding hydrogens is 296 g/mol. The lowest BCUT2D eigenvalue weighted by atomic mass is 10.1. The smallest absolute Gasteiger partial charge is 0.408 e. The van der Waals surface area contributed by atoms with Crippen LogP contribution in [0, 0.1) is 0 Å². The summed E-state index contributed by atoms with van der Waals surface area (Å²) in [7, 11) is 0. The predicted molar refractivity (Wildman–Crippen MR) is 88.0 cm³/mol. The van der Waals surface area contributed by atoms with E-state index in [9.17, 15) is 14.7 Å². The van der Waals surface area contributed by atoms with Crippen LogP contribution < -0.4 is 10.6 Å². The van der Waals surface area contributed by atoms with E-state index in [4.69, 9.17) is 4.74 Å². The molecule has 128 valence electrons. The summed E-state index contributed by atoms with van der Waals surface area (Å²) >= 11 is 0. The lowest BCUT2D eigenvalue weighted by Crippen LogP contribution is -2.47. The lowest BCUT2D eigenvalue weighted by Gasteiger charge is -2.23. The Balaban J connectivity index is 2.56. The highest BCUT2D eigenvalue weighted by Gasteiger charge is 2.23. The number of rotatable bonds is 6. The number of amides is 2. The number of carbonyl (C=O) groups excluding carboxylic acids is 2. The van der Waals surface area contributed by atoms with Crippen molar-refractivity contribution < 1.29 is 19.4 Å². The van der Waals surface area contributed by atoms with Gasteiger partial charge < -0.3 is 20.5 Å². The topological polar surface area (TPSA) is 87.7 Å². The van der Waals surface area contributed by atoms with Gasteiger partial charge in [-0.25, -0.2) is 4.79 Å². The van der Waals surface area contributed by atoms with E-state index in [1.807, 2.05) is 6.92 Å². The molecule has 3 N–H and O–H groups in total. The molecule has 0 bridgehead atoms. The Morgan fingerprint density at radius 2 is 1.83 bits per heavy atom. The van der Waals surface area contributed by atoms with Gasteiger partial charge in [0, 0.05) is 6.54 Å². The SMILES string of the molecule is CCC[C@H](NC(=O)OC(C)(C)C)C(=O)NCc1ccc(O)cc1. The van der Waals surface area contributed by atoms with Crippen LogP contribution in [0.15, 0.2) is 24.3 Å². The fraction of sp³-hybridized carbons (Fsp3) is 0.529. The second kappa shape index (κ2) is 8.41. The Morgan fingerprint density at radius 1 is 1.22 bits per heavy atom. The average molecular weight is 322 g/mol. The molecule has 0 aromatic heterocycles. The van der Waals surface area contributed by atoms with E-state index in [2.05, 4.69) is 10.6 Å². The van der Waals surface area contributed by atoms with Crippen molar-refractivity contribution in [3.8, 4) is 5.75 Å². The van der Waals surface area contributed by atoms with Gasteiger partial charge in [-0.2, -0.15) is 0 Å². The molecule has 0 aliphatic heterocycles. The molecule has 0 spiro atoms. The van der Waals surface area contributed by atoms with Crippen LogP contribution in [0.1, 0.15) is 46.1 Å². The molecule has 6 nitrogen and oxygen atoms in total. The number of hydrogen-bond donors (Lipinski definition) is 3. The van der Waals surface area contributed by atoms with Crippen LogP contribution in [0.3, 0.4) is 0 Å². The minimum absolute atomic E-state index is 0.176. The Labute approximate surface area is 137 Å². The van der Waals surface area contributed by atoms with Gasteiger partial charge in [-0.15, -0.1) is 0 Å². The Morgan fingerprint density at radius 3 is 2.35 bits per heavy atom. The van der Waals surface area contributed by atoms with Gasteiger partial charge in [0.15, 0.2) is 0 Å². The van der Waals surface area contributed by atoms with Gasteiger partial charge in [0.1, 0.15) is 17.4 Å². The van der Waals surface area contributed by atoms with Gasteiger partial charge in [0.2, 0.25) is 5.91 Å². The largest absolute Gasteiger partial charge is 0.508 e. The lowest BCUT2D eigenvalue weighted by molar-refractivity contribution is -0.123. The molecule has 1 rings (SSSR count). The zero-order valence-electron chi connectivity index (χ0n) is 14.2. The molecule has 6 heteroatoms. The number of aromatic hydroxyl groups is 1. The molecule has 0 unspecified atom stereocenters. The van der Waals surface area contributed by atoms with Gasteiger partial charge >= 0.3 is 6.09 Å². The van der Waals surface area contributed by atoms with Crippen LogP contribution in [-0.2, 0) is 16.1 Å². The zero-order valence-corrected chi connectivity index (χ0v) is 14.2. The summed E-state index contributed by atoms with van der Waals surface area (Å²) in [4.78, 5) is 24.1. The van der Waals surface area contributed by atoms with E-state index in [1.165, 1.54) is 0 Å². The summed E-state index contributed by atoms with van der Waals surface area (Å²) in [5.74, 6) is -0.0821. The van der Waals surface area contributed by atoms with Crippen molar-refractivity contribution in [3.05, 3.63) is 29.8 Å². The summed E-state index contributed by atoms with van der Waals surface area (Å²) in [5.41, 5.74) is 0.257. The van der Waals surface area contributed by atoms with E-state index < -0.39 is 17.7 Å².